The number of benzene rings is 1. The van der Waals surface area contributed by atoms with Crippen molar-refractivity contribution in [2.24, 2.45) is 5.92 Å². The number of amides is 2. The molecule has 0 unspecified atom stereocenters. The minimum atomic E-state index is -0.439. The fraction of sp³-hybridized carbons (Fsp3) is 0.429. The van der Waals surface area contributed by atoms with E-state index in [4.69, 9.17) is 0 Å². The lowest BCUT2D eigenvalue weighted by molar-refractivity contribution is -0.138. The second-order valence-electron chi connectivity index (χ2n) is 7.44. The Balaban J connectivity index is 1.45. The first-order chi connectivity index (χ1) is 13.6. The van der Waals surface area contributed by atoms with E-state index in [0.717, 1.165) is 31.2 Å². The number of carbonyl (C=O) groups excluding carboxylic acids is 2. The first-order valence-corrected chi connectivity index (χ1v) is 9.86. The minimum Gasteiger partial charge on any atom is -0.341 e. The maximum Gasteiger partial charge on any atom is 0.264 e. The Morgan fingerprint density at radius 1 is 0.964 bits per heavy atom. The standard InChI is InChI=1S/C21H24N4O3/c26-19-17(14-22-18(23-19)15-6-2-1-3-7-15)21(28)25-11-5-10-24(12-13-25)20(27)16-8-4-9-16/h1-3,6-7,14,16H,4-5,8-13H2,(H,22,23,26). The summed E-state index contributed by atoms with van der Waals surface area (Å²) in [6, 6.07) is 9.31. The van der Waals surface area contributed by atoms with Crippen molar-refractivity contribution in [2.75, 3.05) is 26.2 Å². The van der Waals surface area contributed by atoms with E-state index in [9.17, 15) is 14.4 Å². The van der Waals surface area contributed by atoms with Crippen LogP contribution in [0.25, 0.3) is 11.4 Å². The third kappa shape index (κ3) is 3.69. The molecule has 7 heteroatoms. The lowest BCUT2D eigenvalue weighted by Gasteiger charge is -2.31. The Hall–Kier alpha value is -2.96. The zero-order valence-corrected chi connectivity index (χ0v) is 15.8. The molecule has 2 heterocycles. The molecule has 2 amide bonds. The minimum absolute atomic E-state index is 0.0402. The van der Waals surface area contributed by atoms with Crippen LogP contribution in [0.3, 0.4) is 0 Å². The van der Waals surface area contributed by atoms with Gasteiger partial charge in [0, 0.05) is 43.9 Å². The molecule has 4 rings (SSSR count). The van der Waals surface area contributed by atoms with Crippen LogP contribution in [0.4, 0.5) is 0 Å². The molecule has 1 aromatic carbocycles. The van der Waals surface area contributed by atoms with Crippen molar-refractivity contribution in [3.63, 3.8) is 0 Å². The largest absolute Gasteiger partial charge is 0.341 e. The smallest absolute Gasteiger partial charge is 0.264 e. The van der Waals surface area contributed by atoms with E-state index in [1.165, 1.54) is 6.20 Å². The number of carbonyl (C=O) groups is 2. The van der Waals surface area contributed by atoms with Crippen molar-refractivity contribution in [1.29, 1.82) is 0 Å². The molecule has 1 saturated carbocycles. The SMILES string of the molecule is O=C(c1cnc(-c2ccccc2)[nH]c1=O)N1CCCN(C(=O)C2CCC2)CC1. The number of hydrogen-bond donors (Lipinski definition) is 1. The summed E-state index contributed by atoms with van der Waals surface area (Å²) >= 11 is 0. The third-order valence-electron chi connectivity index (χ3n) is 5.63. The van der Waals surface area contributed by atoms with E-state index < -0.39 is 5.56 Å². The molecule has 2 aliphatic rings. The molecule has 1 N–H and O–H groups in total. The Labute approximate surface area is 163 Å². The average molecular weight is 380 g/mol. The summed E-state index contributed by atoms with van der Waals surface area (Å²) in [4.78, 5) is 48.3. The molecular weight excluding hydrogens is 356 g/mol. The van der Waals surface area contributed by atoms with Crippen LogP contribution in [0, 0.1) is 5.92 Å². The van der Waals surface area contributed by atoms with E-state index in [1.807, 2.05) is 35.2 Å². The molecule has 28 heavy (non-hydrogen) atoms. The van der Waals surface area contributed by atoms with Gasteiger partial charge in [0.15, 0.2) is 0 Å². The second-order valence-corrected chi connectivity index (χ2v) is 7.44. The Morgan fingerprint density at radius 2 is 1.68 bits per heavy atom. The van der Waals surface area contributed by atoms with Crippen LogP contribution in [-0.4, -0.2) is 57.8 Å². The van der Waals surface area contributed by atoms with E-state index in [-0.39, 0.29) is 23.3 Å². The van der Waals surface area contributed by atoms with Gasteiger partial charge in [0.25, 0.3) is 11.5 Å². The van der Waals surface area contributed by atoms with Crippen LogP contribution < -0.4 is 5.56 Å². The van der Waals surface area contributed by atoms with Gasteiger partial charge >= 0.3 is 0 Å². The highest BCUT2D eigenvalue weighted by molar-refractivity contribution is 5.93. The van der Waals surface area contributed by atoms with Crippen molar-refractivity contribution in [1.82, 2.24) is 19.8 Å². The topological polar surface area (TPSA) is 86.4 Å². The lowest BCUT2D eigenvalue weighted by Crippen LogP contribution is -2.42. The van der Waals surface area contributed by atoms with Gasteiger partial charge < -0.3 is 14.8 Å². The predicted molar refractivity (Wildman–Crippen MR) is 105 cm³/mol. The highest BCUT2D eigenvalue weighted by Crippen LogP contribution is 2.28. The maximum atomic E-state index is 12.9. The Kier molecular flexibility index (Phi) is 5.23. The number of aromatic nitrogens is 2. The van der Waals surface area contributed by atoms with E-state index in [0.29, 0.717) is 32.0 Å². The van der Waals surface area contributed by atoms with Gasteiger partial charge in [0.2, 0.25) is 5.91 Å². The van der Waals surface area contributed by atoms with Crippen molar-refractivity contribution in [2.45, 2.75) is 25.7 Å². The zero-order chi connectivity index (χ0) is 19.5. The molecule has 1 aliphatic carbocycles. The molecule has 0 radical (unpaired) electrons. The second kappa shape index (κ2) is 7.96. The molecule has 0 bridgehead atoms. The summed E-state index contributed by atoms with van der Waals surface area (Å²) in [5, 5.41) is 0. The monoisotopic (exact) mass is 380 g/mol. The summed E-state index contributed by atoms with van der Waals surface area (Å²) in [7, 11) is 0. The summed E-state index contributed by atoms with van der Waals surface area (Å²) in [5.41, 5.74) is 0.391. The molecule has 0 atom stereocenters. The van der Waals surface area contributed by atoms with Crippen LogP contribution in [-0.2, 0) is 4.79 Å². The van der Waals surface area contributed by atoms with Crippen LogP contribution in [0.5, 0.6) is 0 Å². The molecule has 0 spiro atoms. The van der Waals surface area contributed by atoms with E-state index in [2.05, 4.69) is 9.97 Å². The molecule has 2 aromatic rings. The van der Waals surface area contributed by atoms with Crippen molar-refractivity contribution < 1.29 is 9.59 Å². The zero-order valence-electron chi connectivity index (χ0n) is 15.8. The van der Waals surface area contributed by atoms with Gasteiger partial charge in [0.1, 0.15) is 11.4 Å². The Bertz CT molecular complexity index is 921. The van der Waals surface area contributed by atoms with Gasteiger partial charge in [-0.2, -0.15) is 0 Å². The fourth-order valence-electron chi connectivity index (χ4n) is 3.71. The molecule has 7 nitrogen and oxygen atoms in total. The molecule has 146 valence electrons. The molecule has 1 aromatic heterocycles. The molecular formula is C21H24N4O3. The molecule has 1 saturated heterocycles. The highest BCUT2D eigenvalue weighted by atomic mass is 16.2. The van der Waals surface area contributed by atoms with E-state index in [1.54, 1.807) is 4.90 Å². The van der Waals surface area contributed by atoms with Crippen LogP contribution in [0.1, 0.15) is 36.0 Å². The highest BCUT2D eigenvalue weighted by Gasteiger charge is 2.31. The van der Waals surface area contributed by atoms with Crippen LogP contribution in [0.15, 0.2) is 41.3 Å². The first kappa shape index (κ1) is 18.4. The van der Waals surface area contributed by atoms with Crippen molar-refractivity contribution in [3.05, 3.63) is 52.4 Å². The van der Waals surface area contributed by atoms with Crippen LogP contribution in [0.2, 0.25) is 0 Å². The molecule has 2 fully saturated rings. The predicted octanol–water partition coefficient (Wildman–Crippen LogP) is 1.91. The fourth-order valence-corrected chi connectivity index (χ4v) is 3.71. The summed E-state index contributed by atoms with van der Waals surface area (Å²) in [6.45, 7) is 2.17. The first-order valence-electron chi connectivity index (χ1n) is 9.86. The Morgan fingerprint density at radius 3 is 2.36 bits per heavy atom. The number of rotatable bonds is 3. The van der Waals surface area contributed by atoms with Gasteiger partial charge in [-0.25, -0.2) is 4.98 Å². The van der Waals surface area contributed by atoms with Crippen molar-refractivity contribution >= 4 is 11.8 Å². The van der Waals surface area contributed by atoms with Gasteiger partial charge in [-0.15, -0.1) is 0 Å². The van der Waals surface area contributed by atoms with Crippen LogP contribution >= 0.6 is 0 Å². The maximum absolute atomic E-state index is 12.9. The number of nitrogens with zero attached hydrogens (tertiary/aromatic N) is 3. The van der Waals surface area contributed by atoms with E-state index >= 15 is 0 Å². The quantitative estimate of drug-likeness (QED) is 0.881. The van der Waals surface area contributed by atoms with Gasteiger partial charge in [-0.05, 0) is 19.3 Å². The average Bonchev–Trinajstić information content (AvgIpc) is 2.93. The number of hydrogen-bond acceptors (Lipinski definition) is 4. The molecule has 1 aliphatic heterocycles. The van der Waals surface area contributed by atoms with Crippen molar-refractivity contribution in [3.8, 4) is 11.4 Å². The summed E-state index contributed by atoms with van der Waals surface area (Å²) < 4.78 is 0. The summed E-state index contributed by atoms with van der Waals surface area (Å²) in [6.07, 6.45) is 5.16. The van der Waals surface area contributed by atoms with Gasteiger partial charge in [-0.3, -0.25) is 14.4 Å². The summed E-state index contributed by atoms with van der Waals surface area (Å²) in [5.74, 6) is 0.494. The van der Waals surface area contributed by atoms with Gasteiger partial charge in [-0.1, -0.05) is 36.8 Å². The van der Waals surface area contributed by atoms with Gasteiger partial charge in [0.05, 0.1) is 0 Å². The number of nitrogens with one attached hydrogen (secondary N) is 1. The lowest BCUT2D eigenvalue weighted by atomic mass is 9.84. The number of aromatic amines is 1. The normalized spacial score (nSPS) is 17.7. The number of H-pyrrole nitrogens is 1. The third-order valence-corrected chi connectivity index (χ3v) is 5.63.